The van der Waals surface area contributed by atoms with Gasteiger partial charge in [0.05, 0.1) is 14.6 Å². The first-order chi connectivity index (χ1) is 11.5. The van der Waals surface area contributed by atoms with Gasteiger partial charge in [0.15, 0.2) is 5.13 Å². The summed E-state index contributed by atoms with van der Waals surface area (Å²) in [6, 6.07) is 11.4. The summed E-state index contributed by atoms with van der Waals surface area (Å²) in [5.74, 6) is -0.378. The lowest BCUT2D eigenvalue weighted by molar-refractivity contribution is -0.384. The van der Waals surface area contributed by atoms with Gasteiger partial charge in [0.1, 0.15) is 5.52 Å². The largest absolute Gasteiger partial charge is 0.298 e. The van der Waals surface area contributed by atoms with Gasteiger partial charge in [0, 0.05) is 18.2 Å². The number of halogens is 1. The molecule has 0 radical (unpaired) electrons. The zero-order chi connectivity index (χ0) is 17.1. The molecule has 0 aliphatic rings. The number of hydrogen-bond donors (Lipinski definition) is 1. The summed E-state index contributed by atoms with van der Waals surface area (Å²) in [5.41, 5.74) is 1.17. The number of nitro benzene ring substituents is 1. The minimum absolute atomic E-state index is 0.0293. The van der Waals surface area contributed by atoms with Crippen LogP contribution in [0, 0.1) is 10.1 Å². The molecule has 0 fully saturated rings. The zero-order valence-electron chi connectivity index (χ0n) is 12.1. The Labute approximate surface area is 145 Å². The summed E-state index contributed by atoms with van der Waals surface area (Å²) >= 11 is 7.37. The number of nitrogens with one attached hydrogen (secondary N) is 1. The minimum Gasteiger partial charge on any atom is -0.298 e. The van der Waals surface area contributed by atoms with Gasteiger partial charge in [-0.25, -0.2) is 4.98 Å². The normalized spacial score (nSPS) is 11.0. The Bertz CT molecular complexity index is 968. The molecule has 0 atom stereocenters. The number of para-hydroxylation sites is 1. The third kappa shape index (κ3) is 3.58. The molecule has 8 heteroatoms. The first-order valence-electron chi connectivity index (χ1n) is 6.81. The molecule has 1 amide bonds. The predicted molar refractivity (Wildman–Crippen MR) is 95.4 cm³/mol. The van der Waals surface area contributed by atoms with E-state index < -0.39 is 4.92 Å². The number of nitrogens with zero attached hydrogens (tertiary/aromatic N) is 2. The Balaban J connectivity index is 1.73. The van der Waals surface area contributed by atoms with E-state index in [2.05, 4.69) is 10.3 Å². The van der Waals surface area contributed by atoms with Crippen molar-refractivity contribution >= 4 is 56.0 Å². The summed E-state index contributed by atoms with van der Waals surface area (Å²) in [5, 5.41) is 14.3. The Morgan fingerprint density at radius 2 is 2.08 bits per heavy atom. The average molecular weight is 360 g/mol. The van der Waals surface area contributed by atoms with Crippen LogP contribution in [0.3, 0.4) is 0 Å². The highest BCUT2D eigenvalue weighted by Crippen LogP contribution is 2.30. The second-order valence-electron chi connectivity index (χ2n) is 4.78. The van der Waals surface area contributed by atoms with Gasteiger partial charge in [-0.05, 0) is 23.8 Å². The van der Waals surface area contributed by atoms with Crippen molar-refractivity contribution in [3.63, 3.8) is 0 Å². The standard InChI is InChI=1S/C16H10ClN3O3S/c17-12-5-2-6-13-15(12)19-16(24-13)18-14(21)8-7-10-3-1-4-11(9-10)20(22)23/h1-9H,(H,18,19,21). The summed E-state index contributed by atoms with van der Waals surface area (Å²) in [6.45, 7) is 0. The molecule has 3 rings (SSSR count). The van der Waals surface area contributed by atoms with Gasteiger partial charge in [-0.1, -0.05) is 41.1 Å². The highest BCUT2D eigenvalue weighted by molar-refractivity contribution is 7.22. The number of fused-ring (bicyclic) bond motifs is 1. The highest BCUT2D eigenvalue weighted by atomic mass is 35.5. The first-order valence-corrected chi connectivity index (χ1v) is 8.01. The second-order valence-corrected chi connectivity index (χ2v) is 6.22. The van der Waals surface area contributed by atoms with Crippen molar-refractivity contribution in [2.45, 2.75) is 0 Å². The minimum atomic E-state index is -0.484. The third-order valence-corrected chi connectivity index (χ3v) is 4.35. The molecule has 0 spiro atoms. The lowest BCUT2D eigenvalue weighted by atomic mass is 10.2. The molecule has 1 aromatic heterocycles. The van der Waals surface area contributed by atoms with Crippen LogP contribution in [-0.4, -0.2) is 15.8 Å². The lowest BCUT2D eigenvalue weighted by Gasteiger charge is -1.96. The van der Waals surface area contributed by atoms with Gasteiger partial charge in [0.2, 0.25) is 5.91 Å². The molecule has 0 unspecified atom stereocenters. The average Bonchev–Trinajstić information content (AvgIpc) is 2.97. The smallest absolute Gasteiger partial charge is 0.270 e. The number of hydrogen-bond acceptors (Lipinski definition) is 5. The number of rotatable bonds is 4. The second kappa shape index (κ2) is 6.77. The number of carbonyl (C=O) groups excluding carboxylic acids is 1. The molecule has 1 N–H and O–H groups in total. The van der Waals surface area contributed by atoms with Crippen LogP contribution in [0.15, 0.2) is 48.5 Å². The number of carbonyl (C=O) groups is 1. The maximum atomic E-state index is 12.0. The first kappa shape index (κ1) is 16.1. The molecule has 0 bridgehead atoms. The Morgan fingerprint density at radius 3 is 2.83 bits per heavy atom. The van der Waals surface area contributed by atoms with E-state index in [9.17, 15) is 14.9 Å². The van der Waals surface area contributed by atoms with Gasteiger partial charge in [-0.3, -0.25) is 20.2 Å². The summed E-state index contributed by atoms with van der Waals surface area (Å²) in [7, 11) is 0. The molecule has 0 aliphatic carbocycles. The van der Waals surface area contributed by atoms with Crippen LogP contribution in [0.25, 0.3) is 16.3 Å². The van der Waals surface area contributed by atoms with Crippen molar-refractivity contribution in [2.24, 2.45) is 0 Å². The van der Waals surface area contributed by atoms with Crippen molar-refractivity contribution in [3.8, 4) is 0 Å². The monoisotopic (exact) mass is 359 g/mol. The van der Waals surface area contributed by atoms with Crippen molar-refractivity contribution in [1.82, 2.24) is 4.98 Å². The van der Waals surface area contributed by atoms with Crippen LogP contribution in [0.4, 0.5) is 10.8 Å². The van der Waals surface area contributed by atoms with E-state index in [0.29, 0.717) is 21.2 Å². The molecule has 6 nitrogen and oxygen atoms in total. The van der Waals surface area contributed by atoms with Crippen molar-refractivity contribution < 1.29 is 9.72 Å². The number of aromatic nitrogens is 1. The number of thiazole rings is 1. The van der Waals surface area contributed by atoms with Gasteiger partial charge in [0.25, 0.3) is 5.69 Å². The number of non-ortho nitro benzene ring substituents is 1. The fraction of sp³-hybridized carbons (Fsp3) is 0. The van der Waals surface area contributed by atoms with Crippen LogP contribution >= 0.6 is 22.9 Å². The van der Waals surface area contributed by atoms with E-state index in [-0.39, 0.29) is 11.6 Å². The quantitative estimate of drug-likeness (QED) is 0.422. The van der Waals surface area contributed by atoms with E-state index in [1.54, 1.807) is 18.2 Å². The molecular formula is C16H10ClN3O3S. The Hall–Kier alpha value is -2.77. The molecule has 0 saturated carbocycles. The Morgan fingerprint density at radius 1 is 1.29 bits per heavy atom. The third-order valence-electron chi connectivity index (χ3n) is 3.11. The molecule has 0 aliphatic heterocycles. The number of amides is 1. The fourth-order valence-corrected chi connectivity index (χ4v) is 3.20. The molecule has 1 heterocycles. The number of benzene rings is 2. The van der Waals surface area contributed by atoms with Gasteiger partial charge in [-0.2, -0.15) is 0 Å². The van der Waals surface area contributed by atoms with E-state index in [1.165, 1.54) is 35.6 Å². The van der Waals surface area contributed by atoms with Crippen molar-refractivity contribution in [3.05, 3.63) is 69.2 Å². The van der Waals surface area contributed by atoms with Crippen LogP contribution in [0.5, 0.6) is 0 Å². The maximum absolute atomic E-state index is 12.0. The highest BCUT2D eigenvalue weighted by Gasteiger charge is 2.08. The topological polar surface area (TPSA) is 85.1 Å². The van der Waals surface area contributed by atoms with Crippen LogP contribution in [0.2, 0.25) is 5.02 Å². The van der Waals surface area contributed by atoms with Crippen molar-refractivity contribution in [2.75, 3.05) is 5.32 Å². The van der Waals surface area contributed by atoms with E-state index in [0.717, 1.165) is 4.70 Å². The zero-order valence-corrected chi connectivity index (χ0v) is 13.7. The summed E-state index contributed by atoms with van der Waals surface area (Å²) in [6.07, 6.45) is 2.80. The molecule has 24 heavy (non-hydrogen) atoms. The van der Waals surface area contributed by atoms with Gasteiger partial charge in [-0.15, -0.1) is 0 Å². The van der Waals surface area contributed by atoms with Gasteiger partial charge < -0.3 is 0 Å². The lowest BCUT2D eigenvalue weighted by Crippen LogP contribution is -2.07. The van der Waals surface area contributed by atoms with Gasteiger partial charge >= 0.3 is 0 Å². The predicted octanol–water partition coefficient (Wildman–Crippen LogP) is 4.51. The van der Waals surface area contributed by atoms with Crippen molar-refractivity contribution in [1.29, 1.82) is 0 Å². The molecule has 120 valence electrons. The Kier molecular flexibility index (Phi) is 4.54. The van der Waals surface area contributed by atoms with Crippen LogP contribution in [-0.2, 0) is 4.79 Å². The summed E-state index contributed by atoms with van der Waals surface area (Å²) in [4.78, 5) is 26.5. The van der Waals surface area contributed by atoms with E-state index in [1.807, 2.05) is 12.1 Å². The molecule has 0 saturated heterocycles. The molecule has 3 aromatic rings. The maximum Gasteiger partial charge on any atom is 0.270 e. The van der Waals surface area contributed by atoms with Crippen LogP contribution in [0.1, 0.15) is 5.56 Å². The summed E-state index contributed by atoms with van der Waals surface area (Å²) < 4.78 is 0.875. The molecular weight excluding hydrogens is 350 g/mol. The molecule has 2 aromatic carbocycles. The van der Waals surface area contributed by atoms with Crippen LogP contribution < -0.4 is 5.32 Å². The van der Waals surface area contributed by atoms with E-state index in [4.69, 9.17) is 11.6 Å². The number of anilines is 1. The SMILES string of the molecule is O=C(C=Cc1cccc([N+](=O)[O-])c1)Nc1nc2c(Cl)cccc2s1. The fourth-order valence-electron chi connectivity index (χ4n) is 2.03. The number of nitro groups is 1. The van der Waals surface area contributed by atoms with E-state index >= 15 is 0 Å².